The van der Waals surface area contributed by atoms with Gasteiger partial charge in [-0.2, -0.15) is 0 Å². The van der Waals surface area contributed by atoms with E-state index in [1.807, 2.05) is 22.9 Å². The molecule has 1 atom stereocenters. The summed E-state index contributed by atoms with van der Waals surface area (Å²) >= 11 is 5.97. The van der Waals surface area contributed by atoms with Crippen LogP contribution in [-0.4, -0.2) is 32.3 Å². The van der Waals surface area contributed by atoms with E-state index in [9.17, 15) is 0 Å². The second-order valence-corrected chi connectivity index (χ2v) is 10.6. The van der Waals surface area contributed by atoms with Crippen LogP contribution < -0.4 is 0 Å². The molecule has 5 heteroatoms. The molecule has 174 valence electrons. The second kappa shape index (κ2) is 9.32. The minimum Gasteiger partial charge on any atom is -0.284 e. The molecule has 2 heterocycles. The highest BCUT2D eigenvalue weighted by Gasteiger charge is 2.25. The normalized spacial score (nSPS) is 16.7. The number of hydrogen-bond acceptors (Lipinski definition) is 3. The van der Waals surface area contributed by atoms with E-state index in [0.29, 0.717) is 12.6 Å². The van der Waals surface area contributed by atoms with Gasteiger partial charge >= 0.3 is 0 Å². The van der Waals surface area contributed by atoms with Crippen molar-refractivity contribution in [2.75, 3.05) is 13.1 Å². The third-order valence-electron chi connectivity index (χ3n) is 6.74. The lowest BCUT2D eigenvalue weighted by atomic mass is 9.87. The van der Waals surface area contributed by atoms with Gasteiger partial charge in [0.25, 0.3) is 0 Å². The molecule has 4 nitrogen and oxygen atoms in total. The van der Waals surface area contributed by atoms with Crippen molar-refractivity contribution >= 4 is 12.2 Å². The Labute approximate surface area is 207 Å². The molecule has 1 aromatic heterocycles. The number of rotatable bonds is 5. The Hall–Kier alpha value is -3.02. The lowest BCUT2D eigenvalue weighted by Gasteiger charge is -2.19. The average Bonchev–Trinajstić information content (AvgIpc) is 3.45. The van der Waals surface area contributed by atoms with Gasteiger partial charge < -0.3 is 0 Å². The average molecular weight is 469 g/mol. The summed E-state index contributed by atoms with van der Waals surface area (Å²) in [6.07, 6.45) is 1.16. The van der Waals surface area contributed by atoms with Crippen molar-refractivity contribution in [1.29, 1.82) is 0 Å². The van der Waals surface area contributed by atoms with Crippen LogP contribution in [0.2, 0.25) is 0 Å². The number of likely N-dealkylation sites (tertiary alicyclic amines) is 1. The SMILES string of the molecule is CC(C)(C)c1ccc(-c2nn(CN3CCC(c4ccccc4)C3)c(=S)n2-c2ccccc2)cc1. The van der Waals surface area contributed by atoms with Gasteiger partial charge in [-0.05, 0) is 53.2 Å². The molecule has 5 rings (SSSR count). The topological polar surface area (TPSA) is 26.0 Å². The zero-order valence-corrected chi connectivity index (χ0v) is 21.0. The molecule has 34 heavy (non-hydrogen) atoms. The molecule has 0 bridgehead atoms. The van der Waals surface area contributed by atoms with Crippen LogP contribution in [-0.2, 0) is 12.1 Å². The van der Waals surface area contributed by atoms with Gasteiger partial charge in [0.2, 0.25) is 4.77 Å². The first kappa shape index (κ1) is 22.8. The van der Waals surface area contributed by atoms with E-state index >= 15 is 0 Å². The van der Waals surface area contributed by atoms with Crippen molar-refractivity contribution in [3.8, 4) is 17.1 Å². The molecule has 1 aliphatic heterocycles. The summed E-state index contributed by atoms with van der Waals surface area (Å²) in [7, 11) is 0. The molecular formula is C29H32N4S. The lowest BCUT2D eigenvalue weighted by molar-refractivity contribution is 0.250. The van der Waals surface area contributed by atoms with E-state index in [1.54, 1.807) is 0 Å². The molecule has 0 N–H and O–H groups in total. The highest BCUT2D eigenvalue weighted by atomic mass is 32.1. The van der Waals surface area contributed by atoms with Crippen LogP contribution in [0.15, 0.2) is 84.9 Å². The smallest absolute Gasteiger partial charge is 0.204 e. The Bertz CT molecular complexity index is 1300. The Morgan fingerprint density at radius 1 is 0.882 bits per heavy atom. The van der Waals surface area contributed by atoms with Crippen molar-refractivity contribution in [3.63, 3.8) is 0 Å². The molecule has 1 saturated heterocycles. The van der Waals surface area contributed by atoms with Crippen LogP contribution in [0.5, 0.6) is 0 Å². The van der Waals surface area contributed by atoms with Crippen molar-refractivity contribution in [1.82, 2.24) is 19.2 Å². The van der Waals surface area contributed by atoms with Crippen LogP contribution in [0.1, 0.15) is 44.2 Å². The quantitative estimate of drug-likeness (QED) is 0.301. The summed E-state index contributed by atoms with van der Waals surface area (Å²) in [6, 6.07) is 29.9. The molecule has 0 radical (unpaired) electrons. The fourth-order valence-electron chi connectivity index (χ4n) is 4.76. The summed E-state index contributed by atoms with van der Waals surface area (Å²) in [5.74, 6) is 1.45. The van der Waals surface area contributed by atoms with E-state index < -0.39 is 0 Å². The van der Waals surface area contributed by atoms with Gasteiger partial charge in [0.15, 0.2) is 5.82 Å². The molecule has 0 saturated carbocycles. The van der Waals surface area contributed by atoms with Gasteiger partial charge in [-0.25, -0.2) is 4.68 Å². The lowest BCUT2D eigenvalue weighted by Crippen LogP contribution is -2.24. The highest BCUT2D eigenvalue weighted by molar-refractivity contribution is 7.71. The zero-order chi connectivity index (χ0) is 23.7. The molecule has 1 aliphatic rings. The molecule has 1 fully saturated rings. The number of nitrogens with zero attached hydrogens (tertiary/aromatic N) is 4. The first-order valence-electron chi connectivity index (χ1n) is 12.0. The maximum absolute atomic E-state index is 5.97. The molecular weight excluding hydrogens is 436 g/mol. The van der Waals surface area contributed by atoms with Crippen molar-refractivity contribution < 1.29 is 0 Å². The van der Waals surface area contributed by atoms with Crippen LogP contribution in [0.4, 0.5) is 0 Å². The zero-order valence-electron chi connectivity index (χ0n) is 20.2. The minimum absolute atomic E-state index is 0.113. The van der Waals surface area contributed by atoms with Crippen LogP contribution in [0.3, 0.4) is 0 Å². The summed E-state index contributed by atoms with van der Waals surface area (Å²) in [5.41, 5.74) is 4.96. The Kier molecular flexibility index (Phi) is 6.24. The van der Waals surface area contributed by atoms with E-state index in [0.717, 1.165) is 41.4 Å². The maximum Gasteiger partial charge on any atom is 0.204 e. The molecule has 1 unspecified atom stereocenters. The van der Waals surface area contributed by atoms with Gasteiger partial charge in [-0.3, -0.25) is 9.47 Å². The van der Waals surface area contributed by atoms with Gasteiger partial charge in [-0.1, -0.05) is 93.6 Å². The fourth-order valence-corrected chi connectivity index (χ4v) is 5.05. The van der Waals surface area contributed by atoms with E-state index in [4.69, 9.17) is 17.3 Å². The Balaban J connectivity index is 1.47. The highest BCUT2D eigenvalue weighted by Crippen LogP contribution is 2.29. The van der Waals surface area contributed by atoms with E-state index in [-0.39, 0.29) is 5.41 Å². The van der Waals surface area contributed by atoms with Gasteiger partial charge in [-0.15, -0.1) is 5.10 Å². The third kappa shape index (κ3) is 4.63. The number of benzene rings is 3. The van der Waals surface area contributed by atoms with Crippen molar-refractivity contribution in [2.45, 2.75) is 45.2 Å². The van der Waals surface area contributed by atoms with Crippen molar-refractivity contribution in [3.05, 3.63) is 101 Å². The number of aromatic nitrogens is 3. The predicted octanol–water partition coefficient (Wildman–Crippen LogP) is 6.81. The van der Waals surface area contributed by atoms with Crippen LogP contribution >= 0.6 is 12.2 Å². The van der Waals surface area contributed by atoms with Gasteiger partial charge in [0, 0.05) is 24.3 Å². The third-order valence-corrected chi connectivity index (χ3v) is 7.13. The first-order valence-corrected chi connectivity index (χ1v) is 12.4. The number of para-hydroxylation sites is 1. The van der Waals surface area contributed by atoms with Crippen LogP contribution in [0.25, 0.3) is 17.1 Å². The molecule has 0 amide bonds. The van der Waals surface area contributed by atoms with E-state index in [2.05, 4.69) is 97.0 Å². The molecule has 3 aromatic carbocycles. The standard InChI is InChI=1S/C29H32N4S/c1-29(2,3)25-16-14-23(15-17-25)27-30-32(28(34)33(27)26-12-8-5-9-13-26)21-31-19-18-24(20-31)22-10-6-4-7-11-22/h4-17,24H,18-21H2,1-3H3. The maximum atomic E-state index is 5.97. The van der Waals surface area contributed by atoms with Gasteiger partial charge in [0.1, 0.15) is 0 Å². The molecule has 0 aliphatic carbocycles. The Morgan fingerprint density at radius 3 is 2.18 bits per heavy atom. The summed E-state index contributed by atoms with van der Waals surface area (Å²) in [6.45, 7) is 9.49. The van der Waals surface area contributed by atoms with E-state index in [1.165, 1.54) is 11.1 Å². The Morgan fingerprint density at radius 2 is 1.53 bits per heavy atom. The summed E-state index contributed by atoms with van der Waals surface area (Å²) < 4.78 is 4.82. The fraction of sp³-hybridized carbons (Fsp3) is 0.310. The largest absolute Gasteiger partial charge is 0.284 e. The number of hydrogen-bond donors (Lipinski definition) is 0. The second-order valence-electron chi connectivity index (χ2n) is 10.2. The monoisotopic (exact) mass is 468 g/mol. The summed E-state index contributed by atoms with van der Waals surface area (Å²) in [4.78, 5) is 2.46. The predicted molar refractivity (Wildman–Crippen MR) is 142 cm³/mol. The molecule has 0 spiro atoms. The minimum atomic E-state index is 0.113. The first-order chi connectivity index (χ1) is 16.4. The summed E-state index contributed by atoms with van der Waals surface area (Å²) in [5, 5.41) is 5.04. The van der Waals surface area contributed by atoms with Crippen LogP contribution in [0, 0.1) is 4.77 Å². The van der Waals surface area contributed by atoms with Crippen molar-refractivity contribution in [2.24, 2.45) is 0 Å². The van der Waals surface area contributed by atoms with Gasteiger partial charge in [0.05, 0.1) is 6.67 Å². The molecule has 4 aromatic rings.